The molecule has 2 aromatic carbocycles. The maximum Gasteiger partial charge on any atom is 0.115 e. The zero-order chi connectivity index (χ0) is 15.0. The molecule has 0 N–H and O–H groups in total. The zero-order valence-electron chi connectivity index (χ0n) is 12.0. The van der Waals surface area contributed by atoms with Crippen LogP contribution in [0.1, 0.15) is 17.0 Å². The van der Waals surface area contributed by atoms with Crippen molar-refractivity contribution in [2.45, 2.75) is 20.3 Å². The normalized spacial score (nSPS) is 11.2. The van der Waals surface area contributed by atoms with E-state index in [1.807, 2.05) is 0 Å². The van der Waals surface area contributed by atoms with Gasteiger partial charge in [0.15, 0.2) is 0 Å². The fraction of sp³-hybridized carbons (Fsp3) is 0.235. The van der Waals surface area contributed by atoms with Gasteiger partial charge in [0.1, 0.15) is 5.82 Å². The largest absolute Gasteiger partial charge is 0.295 e. The lowest BCUT2D eigenvalue weighted by atomic mass is 10.2. The summed E-state index contributed by atoms with van der Waals surface area (Å²) in [6.45, 7) is 4.19. The van der Waals surface area contributed by atoms with Gasteiger partial charge in [0.25, 0.3) is 0 Å². The summed E-state index contributed by atoms with van der Waals surface area (Å²) in [4.78, 5) is 4.81. The Hall–Kier alpha value is -1.32. The Morgan fingerprint density at radius 1 is 1.19 bits per heavy atom. The smallest absolute Gasteiger partial charge is 0.115 e. The number of rotatable bonds is 3. The van der Waals surface area contributed by atoms with E-state index in [9.17, 15) is 0 Å². The summed E-state index contributed by atoms with van der Waals surface area (Å²) >= 11 is 9.63. The molecule has 0 aliphatic carbocycles. The van der Waals surface area contributed by atoms with Crippen LogP contribution < -0.4 is 0 Å². The third kappa shape index (κ3) is 2.60. The third-order valence-electron chi connectivity index (χ3n) is 3.62. The van der Waals surface area contributed by atoms with Crippen LogP contribution in [0.2, 0.25) is 0 Å². The lowest BCUT2D eigenvalue weighted by Crippen LogP contribution is -2.03. The Bertz CT molecular complexity index is 808. The number of imidazole rings is 1. The molecule has 0 unspecified atom stereocenters. The number of hydrogen-bond donors (Lipinski definition) is 0. The summed E-state index contributed by atoms with van der Waals surface area (Å²) in [5, 5.41) is 0. The molecule has 0 aliphatic rings. The molecule has 21 heavy (non-hydrogen) atoms. The average molecular weight is 364 g/mol. The quantitative estimate of drug-likeness (QED) is 0.586. The number of fused-ring (bicyclic) bond motifs is 1. The molecule has 0 atom stereocenters. The maximum absolute atomic E-state index is 5.97. The van der Waals surface area contributed by atoms with Gasteiger partial charge in [-0.2, -0.15) is 0 Å². The van der Waals surface area contributed by atoms with Gasteiger partial charge in [-0.05, 0) is 59.1 Å². The first-order valence-electron chi connectivity index (χ1n) is 6.91. The topological polar surface area (TPSA) is 17.8 Å². The van der Waals surface area contributed by atoms with Crippen molar-refractivity contribution >= 4 is 38.6 Å². The standard InChI is InChI=1S/C17H16BrClN2/c1-11-6-7-13(18)15(10-11)21-14-5-3-4-12(2)17(14)20-16(21)8-9-19/h3-7,10H,8-9H2,1-2H3. The summed E-state index contributed by atoms with van der Waals surface area (Å²) in [5.74, 6) is 1.56. The average Bonchev–Trinajstić information content (AvgIpc) is 2.82. The van der Waals surface area contributed by atoms with Gasteiger partial charge in [-0.3, -0.25) is 4.57 Å². The van der Waals surface area contributed by atoms with E-state index in [2.05, 4.69) is 70.7 Å². The molecule has 108 valence electrons. The predicted molar refractivity (Wildman–Crippen MR) is 92.7 cm³/mol. The van der Waals surface area contributed by atoms with E-state index >= 15 is 0 Å². The summed E-state index contributed by atoms with van der Waals surface area (Å²) in [5.41, 5.74) is 5.70. The molecule has 0 aliphatic heterocycles. The molecule has 0 radical (unpaired) electrons. The van der Waals surface area contributed by atoms with Crippen LogP contribution in [-0.2, 0) is 6.42 Å². The van der Waals surface area contributed by atoms with Crippen molar-refractivity contribution in [2.24, 2.45) is 0 Å². The molecule has 3 aromatic rings. The monoisotopic (exact) mass is 362 g/mol. The molecule has 3 rings (SSSR count). The third-order valence-corrected chi connectivity index (χ3v) is 4.48. The highest BCUT2D eigenvalue weighted by molar-refractivity contribution is 9.10. The first kappa shape index (κ1) is 14.6. The van der Waals surface area contributed by atoms with Crippen molar-refractivity contribution in [3.63, 3.8) is 0 Å². The second kappa shape index (κ2) is 5.82. The molecule has 1 heterocycles. The van der Waals surface area contributed by atoms with Crippen LogP contribution in [0.25, 0.3) is 16.7 Å². The molecular weight excluding hydrogens is 348 g/mol. The summed E-state index contributed by atoms with van der Waals surface area (Å²) in [6, 6.07) is 12.6. The van der Waals surface area contributed by atoms with E-state index < -0.39 is 0 Å². The molecule has 0 saturated heterocycles. The Kier molecular flexibility index (Phi) is 4.05. The van der Waals surface area contributed by atoms with Gasteiger partial charge < -0.3 is 0 Å². The molecule has 1 aromatic heterocycles. The van der Waals surface area contributed by atoms with E-state index in [0.29, 0.717) is 5.88 Å². The number of hydrogen-bond acceptors (Lipinski definition) is 1. The number of para-hydroxylation sites is 1. The second-order valence-electron chi connectivity index (χ2n) is 5.20. The van der Waals surface area contributed by atoms with Crippen LogP contribution in [-0.4, -0.2) is 15.4 Å². The van der Waals surface area contributed by atoms with Gasteiger partial charge in [-0.15, -0.1) is 11.6 Å². The maximum atomic E-state index is 5.97. The van der Waals surface area contributed by atoms with E-state index in [-0.39, 0.29) is 0 Å². The lowest BCUT2D eigenvalue weighted by Gasteiger charge is -2.12. The van der Waals surface area contributed by atoms with Crippen LogP contribution in [0.15, 0.2) is 40.9 Å². The van der Waals surface area contributed by atoms with Crippen molar-refractivity contribution in [2.75, 3.05) is 5.88 Å². The van der Waals surface area contributed by atoms with Crippen molar-refractivity contribution in [3.8, 4) is 5.69 Å². The minimum Gasteiger partial charge on any atom is -0.295 e. The second-order valence-corrected chi connectivity index (χ2v) is 6.43. The van der Waals surface area contributed by atoms with E-state index in [1.54, 1.807) is 0 Å². The fourth-order valence-electron chi connectivity index (χ4n) is 2.60. The van der Waals surface area contributed by atoms with Gasteiger partial charge in [0.05, 0.1) is 16.7 Å². The van der Waals surface area contributed by atoms with Crippen molar-refractivity contribution in [3.05, 3.63) is 57.8 Å². The first-order valence-corrected chi connectivity index (χ1v) is 8.24. The molecular formula is C17H16BrClN2. The van der Waals surface area contributed by atoms with Gasteiger partial charge in [-0.25, -0.2) is 4.98 Å². The van der Waals surface area contributed by atoms with Crippen molar-refractivity contribution in [1.82, 2.24) is 9.55 Å². The zero-order valence-corrected chi connectivity index (χ0v) is 14.4. The highest BCUT2D eigenvalue weighted by Gasteiger charge is 2.15. The fourth-order valence-corrected chi connectivity index (χ4v) is 3.20. The highest BCUT2D eigenvalue weighted by Crippen LogP contribution is 2.29. The Balaban J connectivity index is 2.36. The van der Waals surface area contributed by atoms with Gasteiger partial charge in [0, 0.05) is 16.8 Å². The molecule has 0 bridgehead atoms. The minimum atomic E-state index is 0.561. The van der Waals surface area contributed by atoms with Crippen molar-refractivity contribution < 1.29 is 0 Å². The van der Waals surface area contributed by atoms with Gasteiger partial charge in [0.2, 0.25) is 0 Å². The number of benzene rings is 2. The van der Waals surface area contributed by atoms with E-state index in [4.69, 9.17) is 16.6 Å². The first-order chi connectivity index (χ1) is 10.1. The predicted octanol–water partition coefficient (Wildman–Crippen LogP) is 5.19. The summed E-state index contributed by atoms with van der Waals surface area (Å²) in [7, 11) is 0. The number of alkyl halides is 1. The minimum absolute atomic E-state index is 0.561. The van der Waals surface area contributed by atoms with Gasteiger partial charge in [-0.1, -0.05) is 18.2 Å². The van der Waals surface area contributed by atoms with Gasteiger partial charge >= 0.3 is 0 Å². The lowest BCUT2D eigenvalue weighted by molar-refractivity contribution is 0.908. The van der Waals surface area contributed by atoms with Crippen LogP contribution in [0, 0.1) is 13.8 Å². The highest BCUT2D eigenvalue weighted by atomic mass is 79.9. The molecule has 0 fully saturated rings. The molecule has 2 nitrogen and oxygen atoms in total. The van der Waals surface area contributed by atoms with Crippen LogP contribution >= 0.6 is 27.5 Å². The molecule has 0 spiro atoms. The molecule has 4 heteroatoms. The summed E-state index contributed by atoms with van der Waals surface area (Å²) < 4.78 is 3.27. The molecule has 0 saturated carbocycles. The van der Waals surface area contributed by atoms with Crippen LogP contribution in [0.4, 0.5) is 0 Å². The number of aromatic nitrogens is 2. The SMILES string of the molecule is Cc1ccc(Br)c(-n2c(CCCl)nc3c(C)cccc32)c1. The Morgan fingerprint density at radius 3 is 2.76 bits per heavy atom. The van der Waals surface area contributed by atoms with Crippen molar-refractivity contribution in [1.29, 1.82) is 0 Å². The Morgan fingerprint density at radius 2 is 2.00 bits per heavy atom. The van der Waals surface area contributed by atoms with Crippen LogP contribution in [0.5, 0.6) is 0 Å². The number of nitrogens with zero attached hydrogens (tertiary/aromatic N) is 2. The number of aryl methyl sites for hydroxylation is 3. The van der Waals surface area contributed by atoms with Crippen LogP contribution in [0.3, 0.4) is 0 Å². The number of halogens is 2. The van der Waals surface area contributed by atoms with E-state index in [0.717, 1.165) is 33.4 Å². The summed E-state index contributed by atoms with van der Waals surface area (Å²) in [6.07, 6.45) is 0.746. The Labute approximate surface area is 137 Å². The molecule has 0 amide bonds. The van der Waals surface area contributed by atoms with E-state index in [1.165, 1.54) is 11.1 Å².